The molecule has 0 saturated heterocycles. The molecular formula is C27H25N3O3S. The second-order valence-corrected chi connectivity index (χ2v) is 8.52. The minimum Gasteiger partial charge on any atom is -0.492 e. The summed E-state index contributed by atoms with van der Waals surface area (Å²) in [5.41, 5.74) is 1.81. The summed E-state index contributed by atoms with van der Waals surface area (Å²) in [4.78, 5) is 31.5. The standard InChI is InChI=1S/C27H25N3O3S/c1-3-18-30-26(32)20-14-8-9-15-21(20)29-27(30)34-24(19-12-6-5-7-13-19)25(31)28-22-16-10-11-17-23(22)33-4-2/h3,5-17,24H,1,4,18H2,2H3,(H,28,31). The predicted octanol–water partition coefficient (Wildman–Crippen LogP) is 5.45. The summed E-state index contributed by atoms with van der Waals surface area (Å²) in [6.45, 7) is 6.45. The number of amides is 1. The normalized spacial score (nSPS) is 11.7. The highest BCUT2D eigenvalue weighted by Gasteiger charge is 2.26. The Kier molecular flexibility index (Phi) is 7.44. The second kappa shape index (κ2) is 10.9. The van der Waals surface area contributed by atoms with E-state index >= 15 is 0 Å². The number of anilines is 1. The molecule has 3 aromatic carbocycles. The molecule has 0 aliphatic carbocycles. The number of rotatable bonds is 9. The number of fused-ring (bicyclic) bond motifs is 1. The lowest BCUT2D eigenvalue weighted by Crippen LogP contribution is -2.25. The van der Waals surface area contributed by atoms with Crippen LogP contribution >= 0.6 is 11.8 Å². The Morgan fingerprint density at radius 3 is 2.56 bits per heavy atom. The lowest BCUT2D eigenvalue weighted by atomic mass is 10.1. The van der Waals surface area contributed by atoms with Gasteiger partial charge < -0.3 is 10.1 Å². The molecule has 6 nitrogen and oxygen atoms in total. The minimum atomic E-state index is -0.653. The average Bonchev–Trinajstić information content (AvgIpc) is 2.86. The van der Waals surface area contributed by atoms with E-state index in [0.29, 0.717) is 34.1 Å². The number of allylic oxidation sites excluding steroid dienone is 1. The van der Waals surface area contributed by atoms with Gasteiger partial charge in [-0.2, -0.15) is 0 Å². The van der Waals surface area contributed by atoms with Crippen LogP contribution in [-0.4, -0.2) is 22.1 Å². The summed E-state index contributed by atoms with van der Waals surface area (Å²) in [7, 11) is 0. The molecule has 0 radical (unpaired) electrons. The largest absolute Gasteiger partial charge is 0.492 e. The molecule has 1 unspecified atom stereocenters. The highest BCUT2D eigenvalue weighted by Crippen LogP contribution is 2.36. The van der Waals surface area contributed by atoms with Crippen LogP contribution in [0.4, 0.5) is 5.69 Å². The van der Waals surface area contributed by atoms with Crippen molar-refractivity contribution in [2.24, 2.45) is 0 Å². The number of thioether (sulfide) groups is 1. The van der Waals surface area contributed by atoms with Crippen molar-refractivity contribution in [2.75, 3.05) is 11.9 Å². The number of carbonyl (C=O) groups excluding carboxylic acids is 1. The van der Waals surface area contributed by atoms with Gasteiger partial charge in [0.1, 0.15) is 11.0 Å². The van der Waals surface area contributed by atoms with Gasteiger partial charge in [0.25, 0.3) is 5.56 Å². The number of nitrogens with one attached hydrogen (secondary N) is 1. The molecule has 4 aromatic rings. The van der Waals surface area contributed by atoms with Gasteiger partial charge in [-0.1, -0.05) is 72.4 Å². The fourth-order valence-corrected chi connectivity index (χ4v) is 4.69. The molecule has 0 spiro atoms. The maximum atomic E-state index is 13.6. The Morgan fingerprint density at radius 2 is 1.79 bits per heavy atom. The monoisotopic (exact) mass is 471 g/mol. The molecule has 4 rings (SSSR count). The Morgan fingerprint density at radius 1 is 1.09 bits per heavy atom. The fraction of sp³-hybridized carbons (Fsp3) is 0.148. The van der Waals surface area contributed by atoms with Gasteiger partial charge in [0.2, 0.25) is 5.91 Å². The summed E-state index contributed by atoms with van der Waals surface area (Å²) in [6.07, 6.45) is 1.65. The maximum Gasteiger partial charge on any atom is 0.262 e. The number of aromatic nitrogens is 2. The van der Waals surface area contributed by atoms with Gasteiger partial charge in [-0.3, -0.25) is 14.2 Å². The van der Waals surface area contributed by atoms with Crippen molar-refractivity contribution in [3.63, 3.8) is 0 Å². The van der Waals surface area contributed by atoms with Crippen LogP contribution < -0.4 is 15.6 Å². The molecule has 1 atom stereocenters. The number of nitrogens with zero attached hydrogens (tertiary/aromatic N) is 2. The van der Waals surface area contributed by atoms with Crippen molar-refractivity contribution in [1.29, 1.82) is 0 Å². The minimum absolute atomic E-state index is 0.165. The third-order valence-electron chi connectivity index (χ3n) is 5.15. The molecule has 1 heterocycles. The van der Waals surface area contributed by atoms with Crippen LogP contribution in [0.15, 0.2) is 101 Å². The van der Waals surface area contributed by atoms with Crippen molar-refractivity contribution in [3.8, 4) is 5.75 Å². The number of hydrogen-bond donors (Lipinski definition) is 1. The molecule has 1 amide bonds. The van der Waals surface area contributed by atoms with Gasteiger partial charge in [-0.05, 0) is 36.8 Å². The van der Waals surface area contributed by atoms with Crippen LogP contribution in [-0.2, 0) is 11.3 Å². The van der Waals surface area contributed by atoms with Crippen LogP contribution in [0.2, 0.25) is 0 Å². The third kappa shape index (κ3) is 5.05. The Hall–Kier alpha value is -3.84. The fourth-order valence-electron chi connectivity index (χ4n) is 3.58. The third-order valence-corrected chi connectivity index (χ3v) is 6.39. The van der Waals surface area contributed by atoms with Crippen LogP contribution in [0, 0.1) is 0 Å². The van der Waals surface area contributed by atoms with Gasteiger partial charge in [0, 0.05) is 6.54 Å². The summed E-state index contributed by atoms with van der Waals surface area (Å²) in [5.74, 6) is 0.360. The molecule has 172 valence electrons. The molecule has 7 heteroatoms. The first kappa shape index (κ1) is 23.3. The van der Waals surface area contributed by atoms with E-state index in [9.17, 15) is 9.59 Å². The lowest BCUT2D eigenvalue weighted by Gasteiger charge is -2.20. The van der Waals surface area contributed by atoms with E-state index in [0.717, 1.165) is 5.56 Å². The average molecular weight is 472 g/mol. The van der Waals surface area contributed by atoms with E-state index in [2.05, 4.69) is 11.9 Å². The van der Waals surface area contributed by atoms with E-state index in [1.807, 2.05) is 67.6 Å². The molecular weight excluding hydrogens is 446 g/mol. The number of benzene rings is 3. The van der Waals surface area contributed by atoms with Gasteiger partial charge in [0.05, 0.1) is 23.2 Å². The van der Waals surface area contributed by atoms with Gasteiger partial charge in [-0.15, -0.1) is 6.58 Å². The molecule has 0 bridgehead atoms. The predicted molar refractivity (Wildman–Crippen MR) is 137 cm³/mol. The Balaban J connectivity index is 1.76. The highest BCUT2D eigenvalue weighted by atomic mass is 32.2. The van der Waals surface area contributed by atoms with Crippen molar-refractivity contribution in [2.45, 2.75) is 23.9 Å². The van der Waals surface area contributed by atoms with Crippen molar-refractivity contribution in [1.82, 2.24) is 9.55 Å². The summed E-state index contributed by atoms with van der Waals surface area (Å²) >= 11 is 1.24. The van der Waals surface area contributed by atoms with E-state index in [4.69, 9.17) is 9.72 Å². The van der Waals surface area contributed by atoms with E-state index in [-0.39, 0.29) is 18.0 Å². The van der Waals surface area contributed by atoms with E-state index in [1.165, 1.54) is 11.8 Å². The van der Waals surface area contributed by atoms with Gasteiger partial charge >= 0.3 is 0 Å². The highest BCUT2D eigenvalue weighted by molar-refractivity contribution is 8.00. The van der Waals surface area contributed by atoms with Crippen molar-refractivity contribution >= 4 is 34.3 Å². The first-order valence-corrected chi connectivity index (χ1v) is 11.8. The SMILES string of the molecule is C=CCn1c(SC(C(=O)Nc2ccccc2OCC)c2ccccc2)nc2ccccc2c1=O. The Labute approximate surface area is 202 Å². The zero-order valence-electron chi connectivity index (χ0n) is 18.8. The molecule has 1 aromatic heterocycles. The molecule has 34 heavy (non-hydrogen) atoms. The number of hydrogen-bond acceptors (Lipinski definition) is 5. The first-order chi connectivity index (χ1) is 16.6. The molecule has 0 fully saturated rings. The van der Waals surface area contributed by atoms with E-state index in [1.54, 1.807) is 28.8 Å². The van der Waals surface area contributed by atoms with Crippen LogP contribution in [0.1, 0.15) is 17.7 Å². The van der Waals surface area contributed by atoms with Crippen LogP contribution in [0.5, 0.6) is 5.75 Å². The van der Waals surface area contributed by atoms with E-state index < -0.39 is 5.25 Å². The first-order valence-electron chi connectivity index (χ1n) is 11.0. The molecule has 0 aliphatic rings. The van der Waals surface area contributed by atoms with Crippen molar-refractivity contribution < 1.29 is 9.53 Å². The number of para-hydroxylation sites is 3. The van der Waals surface area contributed by atoms with Gasteiger partial charge in [0.15, 0.2) is 5.16 Å². The second-order valence-electron chi connectivity index (χ2n) is 7.44. The Bertz CT molecular complexity index is 1370. The zero-order valence-corrected chi connectivity index (χ0v) is 19.6. The smallest absolute Gasteiger partial charge is 0.262 e. The summed E-state index contributed by atoms with van der Waals surface area (Å²) in [5, 5.41) is 3.32. The van der Waals surface area contributed by atoms with Crippen LogP contribution in [0.25, 0.3) is 10.9 Å². The van der Waals surface area contributed by atoms with Crippen molar-refractivity contribution in [3.05, 3.63) is 107 Å². The molecule has 0 saturated carbocycles. The summed E-state index contributed by atoms with van der Waals surface area (Å²) < 4.78 is 7.22. The summed E-state index contributed by atoms with van der Waals surface area (Å²) in [6, 6.07) is 24.0. The van der Waals surface area contributed by atoms with Gasteiger partial charge in [-0.25, -0.2) is 4.98 Å². The lowest BCUT2D eigenvalue weighted by molar-refractivity contribution is -0.115. The zero-order chi connectivity index (χ0) is 23.9. The quantitative estimate of drug-likeness (QED) is 0.200. The number of ether oxygens (including phenoxy) is 1. The topological polar surface area (TPSA) is 73.2 Å². The maximum absolute atomic E-state index is 13.6. The molecule has 0 aliphatic heterocycles. The van der Waals surface area contributed by atoms with Crippen LogP contribution in [0.3, 0.4) is 0 Å². The molecule has 1 N–H and O–H groups in total. The number of carbonyl (C=O) groups is 1.